The molecule has 2 rings (SSSR count). The van der Waals surface area contributed by atoms with Gasteiger partial charge < -0.3 is 4.57 Å². The number of aromatic nitrogens is 1. The minimum atomic E-state index is 0.439. The Morgan fingerprint density at radius 3 is 3.42 bits per heavy atom. The normalized spacial score (nSPS) is 21.4. The van der Waals surface area contributed by atoms with Crippen LogP contribution in [-0.4, -0.2) is 4.57 Å². The van der Waals surface area contributed by atoms with E-state index in [1.807, 2.05) is 0 Å². The first-order chi connectivity index (χ1) is 5.92. The zero-order valence-corrected chi connectivity index (χ0v) is 7.03. The van der Waals surface area contributed by atoms with Crippen molar-refractivity contribution in [1.82, 2.24) is 4.57 Å². The van der Waals surface area contributed by atoms with Gasteiger partial charge in [0.2, 0.25) is 0 Å². The van der Waals surface area contributed by atoms with Gasteiger partial charge in [0.1, 0.15) is 0 Å². The second-order valence-electron chi connectivity index (χ2n) is 3.32. The Labute approximate surface area is 72.4 Å². The van der Waals surface area contributed by atoms with E-state index in [1.165, 1.54) is 18.5 Å². The van der Waals surface area contributed by atoms with Crippen LogP contribution in [0, 0.1) is 11.3 Å². The van der Waals surface area contributed by atoms with E-state index in [-0.39, 0.29) is 0 Å². The summed E-state index contributed by atoms with van der Waals surface area (Å²) in [5.74, 6) is 0. The lowest BCUT2D eigenvalue weighted by atomic mass is 10.0. The molecule has 62 valence electrons. The molecule has 0 unspecified atom stereocenters. The smallest absolute Gasteiger partial charge is 0.0643 e. The summed E-state index contributed by atoms with van der Waals surface area (Å²) in [6.07, 6.45) is 6.32. The lowest BCUT2D eigenvalue weighted by Crippen LogP contribution is -2.15. The van der Waals surface area contributed by atoms with Gasteiger partial charge in [-0.05, 0) is 31.4 Å². The Morgan fingerprint density at radius 1 is 1.67 bits per heavy atom. The highest BCUT2D eigenvalue weighted by Crippen LogP contribution is 2.26. The summed E-state index contributed by atoms with van der Waals surface area (Å²) < 4.78 is 2.26. The quantitative estimate of drug-likeness (QED) is 0.619. The Balaban J connectivity index is 2.26. The number of nitrogens with zero attached hydrogens (tertiary/aromatic N) is 2. The maximum absolute atomic E-state index is 8.62. The van der Waals surface area contributed by atoms with Gasteiger partial charge in [-0.1, -0.05) is 0 Å². The maximum Gasteiger partial charge on any atom is 0.0643 e. The molecule has 1 aliphatic heterocycles. The van der Waals surface area contributed by atoms with E-state index < -0.39 is 0 Å². The number of aryl methyl sites for hydroxylation is 1. The van der Waals surface area contributed by atoms with Crippen molar-refractivity contribution < 1.29 is 0 Å². The van der Waals surface area contributed by atoms with E-state index in [1.54, 1.807) is 0 Å². The molecule has 0 saturated heterocycles. The van der Waals surface area contributed by atoms with Gasteiger partial charge in [0, 0.05) is 17.9 Å². The third-order valence-corrected chi connectivity index (χ3v) is 2.56. The van der Waals surface area contributed by atoms with Crippen molar-refractivity contribution in [3.63, 3.8) is 0 Å². The Hall–Kier alpha value is -1.23. The first kappa shape index (κ1) is 7.42. The van der Waals surface area contributed by atoms with E-state index in [2.05, 4.69) is 29.0 Å². The van der Waals surface area contributed by atoms with Crippen LogP contribution in [0.3, 0.4) is 0 Å². The van der Waals surface area contributed by atoms with Crippen molar-refractivity contribution in [2.75, 3.05) is 0 Å². The van der Waals surface area contributed by atoms with Crippen LogP contribution in [0.2, 0.25) is 0 Å². The topological polar surface area (TPSA) is 28.7 Å². The summed E-state index contributed by atoms with van der Waals surface area (Å²) in [5.41, 5.74) is 1.39. The molecule has 0 fully saturated rings. The number of hydrogen-bond donors (Lipinski definition) is 0. The number of nitriles is 1. The van der Waals surface area contributed by atoms with Gasteiger partial charge in [-0.2, -0.15) is 5.26 Å². The van der Waals surface area contributed by atoms with Crippen molar-refractivity contribution in [1.29, 1.82) is 5.26 Å². The number of rotatable bonds is 1. The molecule has 0 aromatic carbocycles. The molecule has 1 aromatic rings. The van der Waals surface area contributed by atoms with Gasteiger partial charge >= 0.3 is 0 Å². The molecule has 0 N–H and O–H groups in total. The summed E-state index contributed by atoms with van der Waals surface area (Å²) in [6, 6.07) is 6.92. The van der Waals surface area contributed by atoms with Crippen molar-refractivity contribution in [3.05, 3.63) is 24.0 Å². The third-order valence-electron chi connectivity index (χ3n) is 2.56. The monoisotopic (exact) mass is 160 g/mol. The Morgan fingerprint density at radius 2 is 2.58 bits per heavy atom. The van der Waals surface area contributed by atoms with Crippen molar-refractivity contribution in [2.45, 2.75) is 31.7 Å². The second-order valence-corrected chi connectivity index (χ2v) is 3.32. The van der Waals surface area contributed by atoms with Crippen molar-refractivity contribution >= 4 is 0 Å². The van der Waals surface area contributed by atoms with Crippen LogP contribution >= 0.6 is 0 Å². The molecule has 0 bridgehead atoms. The highest BCUT2D eigenvalue weighted by molar-refractivity contribution is 5.11. The average Bonchev–Trinajstić information content (AvgIpc) is 2.53. The Kier molecular flexibility index (Phi) is 1.87. The summed E-state index contributed by atoms with van der Waals surface area (Å²) in [7, 11) is 0. The van der Waals surface area contributed by atoms with Crippen LogP contribution in [-0.2, 0) is 6.42 Å². The molecular weight excluding hydrogens is 148 g/mol. The van der Waals surface area contributed by atoms with Gasteiger partial charge in [-0.3, -0.25) is 0 Å². The number of hydrogen-bond acceptors (Lipinski definition) is 1. The molecule has 2 heteroatoms. The van der Waals surface area contributed by atoms with Crippen LogP contribution in [0.1, 0.15) is 31.0 Å². The van der Waals surface area contributed by atoms with Crippen LogP contribution in [0.4, 0.5) is 0 Å². The Bertz CT molecular complexity index is 306. The summed E-state index contributed by atoms with van der Waals surface area (Å²) in [4.78, 5) is 0. The maximum atomic E-state index is 8.62. The summed E-state index contributed by atoms with van der Waals surface area (Å²) in [6.45, 7) is 0. The molecule has 2 heterocycles. The van der Waals surface area contributed by atoms with Crippen LogP contribution < -0.4 is 0 Å². The predicted molar refractivity (Wildman–Crippen MR) is 46.6 cm³/mol. The highest BCUT2D eigenvalue weighted by Gasteiger charge is 2.17. The van der Waals surface area contributed by atoms with E-state index in [0.29, 0.717) is 12.5 Å². The van der Waals surface area contributed by atoms with E-state index >= 15 is 0 Å². The SMILES string of the molecule is N#CC[C@@H]1CCCc2cccn21. The fourth-order valence-corrected chi connectivity index (χ4v) is 1.96. The number of fused-ring (bicyclic) bond motifs is 1. The van der Waals surface area contributed by atoms with Gasteiger partial charge in [0.15, 0.2) is 0 Å². The molecule has 0 aliphatic carbocycles. The van der Waals surface area contributed by atoms with Gasteiger partial charge in [-0.15, -0.1) is 0 Å². The third kappa shape index (κ3) is 1.12. The lowest BCUT2D eigenvalue weighted by Gasteiger charge is -2.23. The van der Waals surface area contributed by atoms with E-state index in [4.69, 9.17) is 5.26 Å². The largest absolute Gasteiger partial charge is 0.347 e. The average molecular weight is 160 g/mol. The summed E-state index contributed by atoms with van der Waals surface area (Å²) in [5, 5.41) is 8.62. The van der Waals surface area contributed by atoms with Crippen LogP contribution in [0.15, 0.2) is 18.3 Å². The van der Waals surface area contributed by atoms with Crippen molar-refractivity contribution in [3.8, 4) is 6.07 Å². The predicted octanol–water partition coefficient (Wildman–Crippen LogP) is 2.28. The molecule has 0 saturated carbocycles. The fourth-order valence-electron chi connectivity index (χ4n) is 1.96. The van der Waals surface area contributed by atoms with Crippen LogP contribution in [0.5, 0.6) is 0 Å². The molecule has 1 aromatic heterocycles. The van der Waals surface area contributed by atoms with E-state index in [9.17, 15) is 0 Å². The minimum Gasteiger partial charge on any atom is -0.347 e. The fraction of sp³-hybridized carbons (Fsp3) is 0.500. The van der Waals surface area contributed by atoms with E-state index in [0.717, 1.165) is 6.42 Å². The van der Waals surface area contributed by atoms with Gasteiger partial charge in [0.25, 0.3) is 0 Å². The van der Waals surface area contributed by atoms with Crippen molar-refractivity contribution in [2.24, 2.45) is 0 Å². The second kappa shape index (κ2) is 3.02. The zero-order valence-electron chi connectivity index (χ0n) is 7.03. The lowest BCUT2D eigenvalue weighted by molar-refractivity contribution is 0.409. The molecular formula is C10H12N2. The molecule has 0 radical (unpaired) electrons. The minimum absolute atomic E-state index is 0.439. The summed E-state index contributed by atoms with van der Waals surface area (Å²) >= 11 is 0. The van der Waals surface area contributed by atoms with Gasteiger partial charge in [-0.25, -0.2) is 0 Å². The standard InChI is InChI=1S/C10H12N2/c11-7-6-10-4-1-3-9-5-2-8-12(9)10/h2,5,8,10H,1,3-4,6H2/t10-/m0/s1. The van der Waals surface area contributed by atoms with Gasteiger partial charge in [0.05, 0.1) is 12.5 Å². The molecule has 0 spiro atoms. The molecule has 0 amide bonds. The highest BCUT2D eigenvalue weighted by atomic mass is 15.0. The molecule has 2 nitrogen and oxygen atoms in total. The molecule has 1 atom stereocenters. The zero-order chi connectivity index (χ0) is 8.39. The molecule has 12 heavy (non-hydrogen) atoms. The first-order valence-corrected chi connectivity index (χ1v) is 4.44. The molecule has 1 aliphatic rings. The van der Waals surface area contributed by atoms with Crippen LogP contribution in [0.25, 0.3) is 0 Å². The first-order valence-electron chi connectivity index (χ1n) is 4.44.